The van der Waals surface area contributed by atoms with Crippen molar-refractivity contribution < 1.29 is 5.11 Å². The lowest BCUT2D eigenvalue weighted by atomic mass is 10.1. The number of hydrogen-bond acceptors (Lipinski definition) is 5. The molecule has 3 aromatic heterocycles. The normalized spacial score (nSPS) is 11.3. The molecule has 6 heteroatoms. The van der Waals surface area contributed by atoms with E-state index in [1.165, 1.54) is 5.56 Å². The summed E-state index contributed by atoms with van der Waals surface area (Å²) in [5.74, 6) is 0.588. The Morgan fingerprint density at radius 2 is 2.25 bits per heavy atom. The van der Waals surface area contributed by atoms with Crippen molar-refractivity contribution in [3.63, 3.8) is 0 Å². The molecular weight excluding hydrogens is 272 g/mol. The second-order valence-electron chi connectivity index (χ2n) is 4.59. The molecule has 3 rings (SSSR count). The number of anilines is 1. The van der Waals surface area contributed by atoms with Gasteiger partial charge in [-0.1, -0.05) is 6.92 Å². The zero-order valence-electron chi connectivity index (χ0n) is 11.2. The Labute approximate surface area is 120 Å². The molecule has 0 aromatic carbocycles. The third kappa shape index (κ3) is 2.07. The zero-order chi connectivity index (χ0) is 14.1. The molecule has 0 fully saturated rings. The van der Waals surface area contributed by atoms with E-state index < -0.39 is 0 Å². The molecule has 3 heterocycles. The highest BCUT2D eigenvalue weighted by Gasteiger charge is 2.13. The second-order valence-corrected chi connectivity index (χ2v) is 5.47. The Morgan fingerprint density at radius 3 is 3.00 bits per heavy atom. The van der Waals surface area contributed by atoms with Crippen LogP contribution in [0, 0.1) is 0 Å². The maximum absolute atomic E-state index is 8.96. The van der Waals surface area contributed by atoms with Gasteiger partial charge < -0.3 is 10.8 Å². The van der Waals surface area contributed by atoms with Gasteiger partial charge >= 0.3 is 0 Å². The van der Waals surface area contributed by atoms with E-state index in [4.69, 9.17) is 10.8 Å². The molecule has 20 heavy (non-hydrogen) atoms. The number of aromatic nitrogens is 3. The first-order valence-electron chi connectivity index (χ1n) is 6.52. The molecule has 0 saturated heterocycles. The average molecular weight is 288 g/mol. The molecule has 0 aliphatic carbocycles. The maximum Gasteiger partial charge on any atom is 0.132 e. The van der Waals surface area contributed by atoms with Crippen molar-refractivity contribution in [3.8, 4) is 11.1 Å². The van der Waals surface area contributed by atoms with Crippen molar-refractivity contribution in [2.45, 2.75) is 19.9 Å². The predicted molar refractivity (Wildman–Crippen MR) is 81.7 cm³/mol. The van der Waals surface area contributed by atoms with E-state index in [2.05, 4.69) is 22.4 Å². The molecule has 0 bridgehead atoms. The van der Waals surface area contributed by atoms with Crippen LogP contribution in [0.25, 0.3) is 21.2 Å². The average Bonchev–Trinajstić information content (AvgIpc) is 3.07. The van der Waals surface area contributed by atoms with Gasteiger partial charge in [-0.3, -0.25) is 4.68 Å². The van der Waals surface area contributed by atoms with E-state index >= 15 is 0 Å². The quantitative estimate of drug-likeness (QED) is 0.772. The van der Waals surface area contributed by atoms with Crippen LogP contribution in [0.1, 0.15) is 12.5 Å². The number of aryl methyl sites for hydroxylation is 1. The standard InChI is InChI=1S/C14H16N4OS/c1-2-9-8-20-13-11(6-16-14(15)12(9)13)10-5-17-18(7-10)3-4-19/h5-8,19H,2-4H2,1H3,(H2,15,16). The Hall–Kier alpha value is -1.92. The van der Waals surface area contributed by atoms with E-state index in [-0.39, 0.29) is 6.61 Å². The van der Waals surface area contributed by atoms with Crippen LogP contribution in [0.3, 0.4) is 0 Å². The number of aliphatic hydroxyl groups is 1. The monoisotopic (exact) mass is 288 g/mol. The summed E-state index contributed by atoms with van der Waals surface area (Å²) in [5, 5.41) is 16.4. The SMILES string of the molecule is CCc1csc2c(-c3cnn(CCO)c3)cnc(N)c12. The molecule has 3 N–H and O–H groups in total. The number of thiophene rings is 1. The smallest absolute Gasteiger partial charge is 0.132 e. The molecule has 104 valence electrons. The van der Waals surface area contributed by atoms with Gasteiger partial charge in [0.25, 0.3) is 0 Å². The van der Waals surface area contributed by atoms with Gasteiger partial charge in [0, 0.05) is 33.6 Å². The Kier molecular flexibility index (Phi) is 3.42. The number of nitrogens with zero attached hydrogens (tertiary/aromatic N) is 3. The number of aliphatic hydroxyl groups excluding tert-OH is 1. The summed E-state index contributed by atoms with van der Waals surface area (Å²) in [7, 11) is 0. The highest BCUT2D eigenvalue weighted by atomic mass is 32.1. The fourth-order valence-electron chi connectivity index (χ4n) is 2.32. The van der Waals surface area contributed by atoms with Gasteiger partial charge in [-0.15, -0.1) is 11.3 Å². The minimum atomic E-state index is 0.0789. The van der Waals surface area contributed by atoms with Gasteiger partial charge in [-0.2, -0.15) is 5.10 Å². The van der Waals surface area contributed by atoms with E-state index in [0.717, 1.165) is 27.6 Å². The Bertz CT molecular complexity index is 747. The van der Waals surface area contributed by atoms with E-state index in [1.807, 2.05) is 6.20 Å². The number of nitrogen functional groups attached to an aromatic ring is 1. The molecule has 0 saturated carbocycles. The van der Waals surface area contributed by atoms with Crippen molar-refractivity contribution >= 4 is 27.2 Å². The fourth-order valence-corrected chi connectivity index (χ4v) is 3.52. The largest absolute Gasteiger partial charge is 0.394 e. The van der Waals surface area contributed by atoms with Crippen molar-refractivity contribution in [2.75, 3.05) is 12.3 Å². The van der Waals surface area contributed by atoms with Crippen LogP contribution < -0.4 is 5.73 Å². The summed E-state index contributed by atoms with van der Waals surface area (Å²) in [6.07, 6.45) is 6.47. The summed E-state index contributed by atoms with van der Waals surface area (Å²) >= 11 is 1.69. The Morgan fingerprint density at radius 1 is 1.40 bits per heavy atom. The summed E-state index contributed by atoms with van der Waals surface area (Å²) in [4.78, 5) is 4.32. The molecule has 0 amide bonds. The summed E-state index contributed by atoms with van der Waals surface area (Å²) in [6, 6.07) is 0. The van der Waals surface area contributed by atoms with E-state index in [0.29, 0.717) is 12.4 Å². The van der Waals surface area contributed by atoms with Crippen molar-refractivity contribution in [3.05, 3.63) is 29.5 Å². The second kappa shape index (κ2) is 5.22. The lowest BCUT2D eigenvalue weighted by Gasteiger charge is -2.03. The molecule has 0 radical (unpaired) electrons. The molecule has 0 aliphatic rings. The van der Waals surface area contributed by atoms with Crippen molar-refractivity contribution in [1.29, 1.82) is 0 Å². The first-order valence-corrected chi connectivity index (χ1v) is 7.40. The predicted octanol–water partition coefficient (Wildman–Crippen LogP) is 2.30. The van der Waals surface area contributed by atoms with E-state index in [9.17, 15) is 0 Å². The minimum absolute atomic E-state index is 0.0789. The topological polar surface area (TPSA) is 77.0 Å². The van der Waals surface area contributed by atoms with Crippen LogP contribution >= 0.6 is 11.3 Å². The third-order valence-corrected chi connectivity index (χ3v) is 4.42. The molecule has 0 spiro atoms. The number of fused-ring (bicyclic) bond motifs is 1. The third-order valence-electron chi connectivity index (χ3n) is 3.35. The van der Waals surface area contributed by atoms with Gasteiger partial charge in [0.15, 0.2) is 0 Å². The lowest BCUT2D eigenvalue weighted by Crippen LogP contribution is -2.01. The first kappa shape index (κ1) is 13.1. The number of pyridine rings is 1. The molecule has 3 aromatic rings. The highest BCUT2D eigenvalue weighted by molar-refractivity contribution is 7.18. The van der Waals surface area contributed by atoms with Gasteiger partial charge in [-0.05, 0) is 17.4 Å². The van der Waals surface area contributed by atoms with Crippen LogP contribution in [0.2, 0.25) is 0 Å². The van der Waals surface area contributed by atoms with Gasteiger partial charge in [-0.25, -0.2) is 4.98 Å². The van der Waals surface area contributed by atoms with Crippen LogP contribution in [-0.2, 0) is 13.0 Å². The Balaban J connectivity index is 2.16. The fraction of sp³-hybridized carbons (Fsp3) is 0.286. The van der Waals surface area contributed by atoms with Gasteiger partial charge in [0.2, 0.25) is 0 Å². The minimum Gasteiger partial charge on any atom is -0.394 e. The van der Waals surface area contributed by atoms with Gasteiger partial charge in [0.05, 0.1) is 19.3 Å². The van der Waals surface area contributed by atoms with Crippen molar-refractivity contribution in [2.24, 2.45) is 0 Å². The maximum atomic E-state index is 8.96. The number of nitrogens with two attached hydrogens (primary N) is 1. The summed E-state index contributed by atoms with van der Waals surface area (Å²) < 4.78 is 2.88. The first-order chi connectivity index (χ1) is 9.74. The molecule has 0 aliphatic heterocycles. The molecule has 5 nitrogen and oxygen atoms in total. The summed E-state index contributed by atoms with van der Waals surface area (Å²) in [5.41, 5.74) is 9.30. The van der Waals surface area contributed by atoms with Crippen molar-refractivity contribution in [1.82, 2.24) is 14.8 Å². The van der Waals surface area contributed by atoms with Crippen LogP contribution in [-0.4, -0.2) is 26.5 Å². The number of hydrogen-bond donors (Lipinski definition) is 2. The molecule has 0 atom stereocenters. The zero-order valence-corrected chi connectivity index (χ0v) is 12.0. The molecular formula is C14H16N4OS. The highest BCUT2D eigenvalue weighted by Crippen LogP contribution is 2.37. The molecule has 0 unspecified atom stereocenters. The number of rotatable bonds is 4. The van der Waals surface area contributed by atoms with E-state index in [1.54, 1.807) is 28.4 Å². The van der Waals surface area contributed by atoms with Crippen LogP contribution in [0.15, 0.2) is 24.0 Å². The van der Waals surface area contributed by atoms with Crippen LogP contribution in [0.4, 0.5) is 5.82 Å². The summed E-state index contributed by atoms with van der Waals surface area (Å²) in [6.45, 7) is 2.69. The van der Waals surface area contributed by atoms with Gasteiger partial charge in [0.1, 0.15) is 5.82 Å². The lowest BCUT2D eigenvalue weighted by molar-refractivity contribution is 0.269. The van der Waals surface area contributed by atoms with Crippen LogP contribution in [0.5, 0.6) is 0 Å².